The number of anilines is 1. The van der Waals surface area contributed by atoms with Crippen LogP contribution in [-0.4, -0.2) is 34.1 Å². The summed E-state index contributed by atoms with van der Waals surface area (Å²) in [6.45, 7) is 0. The molecule has 0 fully saturated rings. The highest BCUT2D eigenvalue weighted by atomic mass is 32.1. The summed E-state index contributed by atoms with van der Waals surface area (Å²) in [6.07, 6.45) is 7.35. The lowest BCUT2D eigenvalue weighted by Crippen LogP contribution is -2.33. The Morgan fingerprint density at radius 2 is 2.21 bits per heavy atom. The number of ether oxygens (including phenoxy) is 1. The molecule has 1 atom stereocenters. The lowest BCUT2D eigenvalue weighted by Gasteiger charge is -2.17. The number of aromatic amines is 1. The third-order valence-electron chi connectivity index (χ3n) is 5.40. The third kappa shape index (κ3) is 2.82. The molecule has 2 N–H and O–H groups in total. The number of hydrogen-bond acceptors (Lipinski definition) is 6. The van der Waals surface area contributed by atoms with E-state index in [4.69, 9.17) is 4.74 Å². The second-order valence-electron chi connectivity index (χ2n) is 7.04. The van der Waals surface area contributed by atoms with Gasteiger partial charge in [0.2, 0.25) is 0 Å². The van der Waals surface area contributed by atoms with Crippen molar-refractivity contribution < 1.29 is 9.53 Å². The molecule has 1 aliphatic carbocycles. The van der Waals surface area contributed by atoms with Crippen molar-refractivity contribution in [3.8, 4) is 0 Å². The van der Waals surface area contributed by atoms with E-state index in [1.807, 2.05) is 24.4 Å². The average molecular weight is 392 g/mol. The van der Waals surface area contributed by atoms with E-state index in [0.29, 0.717) is 6.42 Å². The number of nitrogens with one attached hydrogen (secondary N) is 2. The molecule has 0 amide bonds. The number of thiophene rings is 1. The van der Waals surface area contributed by atoms with Crippen LogP contribution in [0.4, 0.5) is 5.82 Å². The summed E-state index contributed by atoms with van der Waals surface area (Å²) in [5.41, 5.74) is 3.46. The first kappa shape index (κ1) is 17.2. The highest BCUT2D eigenvalue weighted by Crippen LogP contribution is 2.39. The van der Waals surface area contributed by atoms with Crippen LogP contribution < -0.4 is 5.32 Å². The zero-order valence-electron chi connectivity index (χ0n) is 15.5. The molecule has 0 spiro atoms. The van der Waals surface area contributed by atoms with Crippen LogP contribution in [0.2, 0.25) is 0 Å². The Kier molecular flexibility index (Phi) is 4.24. The number of para-hydroxylation sites is 1. The van der Waals surface area contributed by atoms with Crippen molar-refractivity contribution in [2.45, 2.75) is 31.7 Å². The largest absolute Gasteiger partial charge is 0.467 e. The Morgan fingerprint density at radius 3 is 3.11 bits per heavy atom. The minimum Gasteiger partial charge on any atom is -0.467 e. The molecule has 1 aromatic carbocycles. The molecule has 4 aromatic rings. The minimum absolute atomic E-state index is 0.302. The molecule has 0 saturated carbocycles. The van der Waals surface area contributed by atoms with Crippen LogP contribution in [0.25, 0.3) is 21.1 Å². The highest BCUT2D eigenvalue weighted by molar-refractivity contribution is 7.19. The molecule has 7 heteroatoms. The molecule has 5 rings (SSSR count). The van der Waals surface area contributed by atoms with E-state index in [-0.39, 0.29) is 5.97 Å². The number of hydrogen-bond donors (Lipinski definition) is 2. The predicted molar refractivity (Wildman–Crippen MR) is 111 cm³/mol. The molecule has 1 aliphatic rings. The molecule has 0 aliphatic heterocycles. The van der Waals surface area contributed by atoms with E-state index in [9.17, 15) is 4.79 Å². The fraction of sp³-hybridized carbons (Fsp3) is 0.286. The Balaban J connectivity index is 1.52. The Labute approximate surface area is 166 Å². The maximum absolute atomic E-state index is 12.6. The van der Waals surface area contributed by atoms with Gasteiger partial charge >= 0.3 is 5.97 Å². The molecule has 0 bridgehead atoms. The summed E-state index contributed by atoms with van der Waals surface area (Å²) in [5.74, 6) is 0.420. The van der Waals surface area contributed by atoms with Crippen molar-refractivity contribution in [3.63, 3.8) is 0 Å². The molecule has 3 heterocycles. The molecule has 28 heavy (non-hydrogen) atoms. The highest BCUT2D eigenvalue weighted by Gasteiger charge is 2.26. The van der Waals surface area contributed by atoms with Crippen LogP contribution in [0.3, 0.4) is 0 Å². The first-order valence-corrected chi connectivity index (χ1v) is 10.2. The Hall–Kier alpha value is -2.93. The van der Waals surface area contributed by atoms with E-state index in [0.717, 1.165) is 45.3 Å². The summed E-state index contributed by atoms with van der Waals surface area (Å²) in [7, 11) is 1.42. The van der Waals surface area contributed by atoms with Gasteiger partial charge in [0.05, 0.1) is 12.5 Å². The third-order valence-corrected chi connectivity index (χ3v) is 6.60. The molecule has 0 saturated heterocycles. The van der Waals surface area contributed by atoms with E-state index >= 15 is 0 Å². The van der Waals surface area contributed by atoms with Gasteiger partial charge in [0.25, 0.3) is 0 Å². The summed E-state index contributed by atoms with van der Waals surface area (Å²) >= 11 is 1.74. The molecule has 1 unspecified atom stereocenters. The van der Waals surface area contributed by atoms with Crippen molar-refractivity contribution in [2.75, 3.05) is 12.4 Å². The van der Waals surface area contributed by atoms with Crippen molar-refractivity contribution in [3.05, 3.63) is 52.8 Å². The molecule has 142 valence electrons. The van der Waals surface area contributed by atoms with Crippen molar-refractivity contribution >= 4 is 44.2 Å². The Bertz CT molecular complexity index is 1180. The van der Waals surface area contributed by atoms with Crippen LogP contribution in [0.15, 0.2) is 36.8 Å². The van der Waals surface area contributed by atoms with Gasteiger partial charge in [-0.15, -0.1) is 11.3 Å². The molecule has 0 radical (unpaired) electrons. The number of aryl methyl sites for hydroxylation is 2. The summed E-state index contributed by atoms with van der Waals surface area (Å²) in [4.78, 5) is 27.1. The molecule has 6 nitrogen and oxygen atoms in total. The predicted octanol–water partition coefficient (Wildman–Crippen LogP) is 3.86. The van der Waals surface area contributed by atoms with Crippen LogP contribution >= 0.6 is 11.3 Å². The van der Waals surface area contributed by atoms with Crippen molar-refractivity contribution in [1.29, 1.82) is 0 Å². The number of benzene rings is 1. The van der Waals surface area contributed by atoms with Crippen LogP contribution in [0.1, 0.15) is 22.4 Å². The SMILES string of the molecule is COC(=O)C(Cc1c[nH]c2ccccc12)Nc1ncnc2sc3c(c12)CCC3. The number of esters is 1. The molecular formula is C21H20N4O2S. The second kappa shape index (κ2) is 6.91. The molecule has 3 aromatic heterocycles. The average Bonchev–Trinajstić information content (AvgIpc) is 3.41. The number of methoxy groups -OCH3 is 1. The normalized spacial score (nSPS) is 14.3. The standard InChI is InChI=1S/C21H20N4O2S/c1-27-21(26)16(9-12-10-22-15-7-3-2-5-13(12)15)25-19-18-14-6-4-8-17(14)28-20(18)24-11-23-19/h2-3,5,7,10-11,16,22H,4,6,8-9H2,1H3,(H,23,24,25). The second-order valence-corrected chi connectivity index (χ2v) is 8.13. The first-order chi connectivity index (χ1) is 13.7. The van der Waals surface area contributed by atoms with E-state index in [1.54, 1.807) is 17.7 Å². The lowest BCUT2D eigenvalue weighted by atomic mass is 10.0. The number of carbonyl (C=O) groups excluding carboxylic acids is 1. The van der Waals surface area contributed by atoms with Crippen molar-refractivity contribution in [1.82, 2.24) is 15.0 Å². The summed E-state index contributed by atoms with van der Waals surface area (Å²) < 4.78 is 5.08. The lowest BCUT2D eigenvalue weighted by molar-refractivity contribution is -0.141. The van der Waals surface area contributed by atoms with Gasteiger partial charge in [-0.1, -0.05) is 18.2 Å². The van der Waals surface area contributed by atoms with E-state index < -0.39 is 6.04 Å². The first-order valence-electron chi connectivity index (χ1n) is 9.39. The van der Waals surface area contributed by atoms with Crippen LogP contribution in [0.5, 0.6) is 0 Å². The Morgan fingerprint density at radius 1 is 1.32 bits per heavy atom. The fourth-order valence-corrected chi connectivity index (χ4v) is 5.29. The number of H-pyrrole nitrogens is 1. The minimum atomic E-state index is -0.528. The van der Waals surface area contributed by atoms with Crippen molar-refractivity contribution in [2.24, 2.45) is 0 Å². The number of rotatable bonds is 5. The van der Waals surface area contributed by atoms with Gasteiger partial charge in [-0.3, -0.25) is 0 Å². The van der Waals surface area contributed by atoms with E-state index in [2.05, 4.69) is 26.3 Å². The van der Waals surface area contributed by atoms with E-state index in [1.165, 1.54) is 24.0 Å². The zero-order chi connectivity index (χ0) is 19.1. The topological polar surface area (TPSA) is 79.9 Å². The maximum Gasteiger partial charge on any atom is 0.328 e. The van der Waals surface area contributed by atoms with Crippen LogP contribution in [0, 0.1) is 0 Å². The molecular weight excluding hydrogens is 372 g/mol. The monoisotopic (exact) mass is 392 g/mol. The quantitative estimate of drug-likeness (QED) is 0.504. The summed E-state index contributed by atoms with van der Waals surface area (Å²) in [5, 5.41) is 5.53. The van der Waals surface area contributed by atoms with Gasteiger partial charge in [-0.2, -0.15) is 0 Å². The van der Waals surface area contributed by atoms with Gasteiger partial charge in [-0.05, 0) is 36.5 Å². The summed E-state index contributed by atoms with van der Waals surface area (Å²) in [6, 6.07) is 7.56. The van der Waals surface area contributed by atoms with Gasteiger partial charge in [0, 0.05) is 28.4 Å². The number of fused-ring (bicyclic) bond motifs is 4. The zero-order valence-corrected chi connectivity index (χ0v) is 16.3. The fourth-order valence-electron chi connectivity index (χ4n) is 4.06. The van der Waals surface area contributed by atoms with Crippen LogP contribution in [-0.2, 0) is 28.8 Å². The van der Waals surface area contributed by atoms with Gasteiger partial charge in [0.1, 0.15) is 23.0 Å². The number of nitrogens with zero attached hydrogens (tertiary/aromatic N) is 2. The van der Waals surface area contributed by atoms with Gasteiger partial charge in [0.15, 0.2) is 0 Å². The van der Waals surface area contributed by atoms with Gasteiger partial charge < -0.3 is 15.0 Å². The smallest absolute Gasteiger partial charge is 0.328 e. The van der Waals surface area contributed by atoms with Gasteiger partial charge in [-0.25, -0.2) is 14.8 Å². The number of carbonyl (C=O) groups is 1. The maximum atomic E-state index is 12.6. The number of aromatic nitrogens is 3.